The second kappa shape index (κ2) is 14.3. The summed E-state index contributed by atoms with van der Waals surface area (Å²) in [5.74, 6) is -7.97. The highest BCUT2D eigenvalue weighted by Gasteiger charge is 2.32. The van der Waals surface area contributed by atoms with Crippen LogP contribution in [0.15, 0.2) is 36.4 Å². The fourth-order valence-corrected chi connectivity index (χ4v) is 6.74. The molecule has 0 unspecified atom stereocenters. The number of hydrogen-bond donors (Lipinski definition) is 0. The molecular weight excluding hydrogens is 594 g/mol. The maximum Gasteiger partial charge on any atom is 0.341 e. The van der Waals surface area contributed by atoms with Crippen molar-refractivity contribution in [2.24, 2.45) is 0 Å². The Bertz CT molecular complexity index is 1520. The van der Waals surface area contributed by atoms with Gasteiger partial charge in [0.1, 0.15) is 6.10 Å². The van der Waals surface area contributed by atoms with Gasteiger partial charge in [0.25, 0.3) is 0 Å². The van der Waals surface area contributed by atoms with Crippen molar-refractivity contribution in [2.45, 2.75) is 102 Å². The molecule has 9 heteroatoms. The van der Waals surface area contributed by atoms with E-state index in [0.717, 1.165) is 12.8 Å². The summed E-state index contributed by atoms with van der Waals surface area (Å²) in [4.78, 5) is 12.8. The minimum Gasteiger partial charge on any atom is -0.490 e. The van der Waals surface area contributed by atoms with Crippen LogP contribution < -0.4 is 4.74 Å². The predicted molar refractivity (Wildman–Crippen MR) is 159 cm³/mol. The molecule has 0 bridgehead atoms. The Hall–Kier alpha value is -3.49. The van der Waals surface area contributed by atoms with Crippen molar-refractivity contribution < 1.29 is 40.6 Å². The van der Waals surface area contributed by atoms with Crippen molar-refractivity contribution in [1.29, 1.82) is 0 Å². The number of aryl methyl sites for hydroxylation is 1. The van der Waals surface area contributed by atoms with E-state index in [-0.39, 0.29) is 40.2 Å². The van der Waals surface area contributed by atoms with Crippen LogP contribution in [0.5, 0.6) is 5.75 Å². The van der Waals surface area contributed by atoms with E-state index >= 15 is 8.78 Å². The Labute approximate surface area is 259 Å². The molecule has 45 heavy (non-hydrogen) atoms. The Balaban J connectivity index is 1.17. The first-order valence-electron chi connectivity index (χ1n) is 15.8. The topological polar surface area (TPSA) is 35.5 Å². The van der Waals surface area contributed by atoms with E-state index in [2.05, 4.69) is 0 Å². The quantitative estimate of drug-likeness (QED) is 0.134. The molecule has 2 aliphatic rings. The molecule has 5 rings (SSSR count). The number of ether oxygens (including phenoxy) is 2. The number of halogens is 6. The van der Waals surface area contributed by atoms with Gasteiger partial charge in [-0.05, 0) is 117 Å². The number of benzene rings is 3. The van der Waals surface area contributed by atoms with Gasteiger partial charge in [-0.25, -0.2) is 26.7 Å². The van der Waals surface area contributed by atoms with Crippen LogP contribution in [0.2, 0.25) is 0 Å². The second-order valence-corrected chi connectivity index (χ2v) is 12.3. The lowest BCUT2D eigenvalue weighted by Crippen LogP contribution is -2.25. The lowest BCUT2D eigenvalue weighted by atomic mass is 9.75. The van der Waals surface area contributed by atoms with Crippen molar-refractivity contribution in [3.63, 3.8) is 0 Å². The average Bonchev–Trinajstić information content (AvgIpc) is 3.04. The zero-order chi connectivity index (χ0) is 32.2. The Morgan fingerprint density at radius 1 is 0.644 bits per heavy atom. The largest absolute Gasteiger partial charge is 0.490 e. The summed E-state index contributed by atoms with van der Waals surface area (Å²) in [5.41, 5.74) is 0.416. The highest BCUT2D eigenvalue weighted by molar-refractivity contribution is 5.90. The van der Waals surface area contributed by atoms with Crippen LogP contribution in [0.3, 0.4) is 0 Å². The van der Waals surface area contributed by atoms with Gasteiger partial charge < -0.3 is 9.47 Å². The predicted octanol–water partition coefficient (Wildman–Crippen LogP) is 10.3. The molecule has 3 aromatic rings. The van der Waals surface area contributed by atoms with Gasteiger partial charge in [0, 0.05) is 0 Å². The molecule has 242 valence electrons. The lowest BCUT2D eigenvalue weighted by Gasteiger charge is -2.30. The van der Waals surface area contributed by atoms with Crippen molar-refractivity contribution in [3.8, 4) is 5.75 Å². The van der Waals surface area contributed by atoms with Crippen LogP contribution in [0, 0.1) is 41.8 Å². The molecule has 0 spiro atoms. The Morgan fingerprint density at radius 2 is 1.13 bits per heavy atom. The zero-order valence-electron chi connectivity index (χ0n) is 25.5. The molecule has 0 saturated heterocycles. The summed E-state index contributed by atoms with van der Waals surface area (Å²) >= 11 is 0. The highest BCUT2D eigenvalue weighted by atomic mass is 19.2. The van der Waals surface area contributed by atoms with Gasteiger partial charge in [0.15, 0.2) is 34.8 Å². The summed E-state index contributed by atoms with van der Waals surface area (Å²) in [7, 11) is 0. The third-order valence-electron chi connectivity index (χ3n) is 9.46. The van der Waals surface area contributed by atoms with Crippen molar-refractivity contribution >= 4 is 5.97 Å². The van der Waals surface area contributed by atoms with E-state index in [4.69, 9.17) is 9.47 Å². The van der Waals surface area contributed by atoms with Gasteiger partial charge in [-0.2, -0.15) is 4.39 Å². The fourth-order valence-electron chi connectivity index (χ4n) is 6.74. The molecule has 0 aromatic heterocycles. The van der Waals surface area contributed by atoms with Gasteiger partial charge in [-0.3, -0.25) is 0 Å². The monoisotopic (exact) mass is 632 g/mol. The number of unbranched alkanes of at least 4 members (excludes halogenated alkanes) is 1. The van der Waals surface area contributed by atoms with Crippen molar-refractivity contribution in [3.05, 3.63) is 99.1 Å². The van der Waals surface area contributed by atoms with E-state index in [1.807, 2.05) is 6.92 Å². The maximum atomic E-state index is 15.3. The Morgan fingerprint density at radius 3 is 1.71 bits per heavy atom. The third-order valence-corrected chi connectivity index (χ3v) is 9.46. The fraction of sp³-hybridized carbons (Fsp3) is 0.472. The van der Waals surface area contributed by atoms with Crippen molar-refractivity contribution in [2.75, 3.05) is 6.61 Å². The van der Waals surface area contributed by atoms with Gasteiger partial charge >= 0.3 is 5.97 Å². The minimum absolute atomic E-state index is 0.114. The number of rotatable bonds is 9. The molecule has 0 N–H and O–H groups in total. The van der Waals surface area contributed by atoms with Gasteiger partial charge in [0.05, 0.1) is 12.2 Å². The summed E-state index contributed by atoms with van der Waals surface area (Å²) < 4.78 is 99.2. The number of hydrogen-bond acceptors (Lipinski definition) is 3. The normalized spacial score (nSPS) is 21.9. The first-order chi connectivity index (χ1) is 21.6. The van der Waals surface area contributed by atoms with E-state index in [1.54, 1.807) is 12.1 Å². The van der Waals surface area contributed by atoms with E-state index < -0.39 is 52.5 Å². The summed E-state index contributed by atoms with van der Waals surface area (Å²) in [6.45, 7) is 3.77. The van der Waals surface area contributed by atoms with Crippen LogP contribution in [0.25, 0.3) is 0 Å². The number of carbonyl (C=O) groups excluding carboxylic acids is 1. The molecule has 0 aliphatic heterocycles. The third kappa shape index (κ3) is 7.02. The standard InChI is InChI=1S/C36H38F6O3/c1-3-4-19-44-29-18-17-27(33(40)35(29)42)22-8-6-21(7-9-22)26-15-16-28(34(41)32(26)39)36(43)45-24-12-10-23(11-13-24)25-14-5-20(2)30(37)31(25)38/h5,14-18,21-24H,3-4,6-13,19H2,1-2H3. The first kappa shape index (κ1) is 32.9. The van der Waals surface area contributed by atoms with E-state index in [1.165, 1.54) is 31.2 Å². The van der Waals surface area contributed by atoms with Gasteiger partial charge in [-0.1, -0.05) is 37.6 Å². The van der Waals surface area contributed by atoms with Crippen LogP contribution in [-0.2, 0) is 4.74 Å². The lowest BCUT2D eigenvalue weighted by molar-refractivity contribution is 0.0188. The molecule has 2 saturated carbocycles. The highest BCUT2D eigenvalue weighted by Crippen LogP contribution is 2.43. The van der Waals surface area contributed by atoms with E-state index in [9.17, 15) is 22.4 Å². The molecule has 3 nitrogen and oxygen atoms in total. The van der Waals surface area contributed by atoms with Gasteiger partial charge in [0.2, 0.25) is 5.82 Å². The molecule has 0 amide bonds. The van der Waals surface area contributed by atoms with Crippen LogP contribution in [0.4, 0.5) is 26.3 Å². The van der Waals surface area contributed by atoms with Crippen LogP contribution in [0.1, 0.15) is 121 Å². The molecule has 2 fully saturated rings. The number of esters is 1. The molecule has 0 atom stereocenters. The smallest absolute Gasteiger partial charge is 0.341 e. The zero-order valence-corrected chi connectivity index (χ0v) is 25.5. The van der Waals surface area contributed by atoms with E-state index in [0.29, 0.717) is 63.5 Å². The summed E-state index contributed by atoms with van der Waals surface area (Å²) in [5, 5.41) is 0. The van der Waals surface area contributed by atoms with Crippen LogP contribution in [-0.4, -0.2) is 18.7 Å². The maximum absolute atomic E-state index is 15.3. The number of carbonyl (C=O) groups is 1. The van der Waals surface area contributed by atoms with Crippen molar-refractivity contribution in [1.82, 2.24) is 0 Å². The molecule has 0 radical (unpaired) electrons. The first-order valence-corrected chi connectivity index (χ1v) is 15.8. The summed E-state index contributed by atoms with van der Waals surface area (Å²) in [6.07, 6.45) is 4.55. The SMILES string of the molecule is CCCCOc1ccc(C2CCC(c3ccc(C(=O)OC4CCC(c5ccc(C)c(F)c5F)CC4)c(F)c3F)CC2)c(F)c1F. The second-order valence-electron chi connectivity index (χ2n) is 12.3. The average molecular weight is 633 g/mol. The molecule has 0 heterocycles. The molecule has 2 aliphatic carbocycles. The molecular formula is C36H38F6O3. The van der Waals surface area contributed by atoms with Crippen LogP contribution >= 0.6 is 0 Å². The summed E-state index contributed by atoms with van der Waals surface area (Å²) in [6, 6.07) is 8.73. The van der Waals surface area contributed by atoms with Gasteiger partial charge in [-0.15, -0.1) is 0 Å². The Kier molecular flexibility index (Phi) is 10.4. The minimum atomic E-state index is -1.28. The molecule has 3 aromatic carbocycles.